The molecule has 0 aliphatic rings. The number of carbonyl (C=O) groups excluding carboxylic acids is 1. The third-order valence-electron chi connectivity index (χ3n) is 3.46. The fourth-order valence-corrected chi connectivity index (χ4v) is 2.24. The predicted molar refractivity (Wildman–Crippen MR) is 88.9 cm³/mol. The molecule has 0 spiro atoms. The van der Waals surface area contributed by atoms with E-state index >= 15 is 0 Å². The highest BCUT2D eigenvalue weighted by Gasteiger charge is 2.15. The lowest BCUT2D eigenvalue weighted by molar-refractivity contribution is -0.118. The second-order valence-electron chi connectivity index (χ2n) is 5.06. The Morgan fingerprint density at radius 1 is 1.09 bits per heavy atom. The molecular weight excluding hydrogens is 276 g/mol. The van der Waals surface area contributed by atoms with Crippen LogP contribution in [0.1, 0.15) is 18.4 Å². The minimum absolute atomic E-state index is 0.0828. The molecule has 2 rings (SSSR count). The molecule has 2 aromatic rings. The number of amides is 1. The van der Waals surface area contributed by atoms with Crippen LogP contribution in [0.25, 0.3) is 0 Å². The highest BCUT2D eigenvalue weighted by molar-refractivity contribution is 5.93. The van der Waals surface area contributed by atoms with Crippen molar-refractivity contribution in [2.24, 2.45) is 5.73 Å². The Morgan fingerprint density at radius 3 is 2.36 bits per heavy atom. The average molecular weight is 298 g/mol. The van der Waals surface area contributed by atoms with Crippen molar-refractivity contribution < 1.29 is 9.53 Å². The van der Waals surface area contributed by atoms with Crippen molar-refractivity contribution in [2.75, 3.05) is 18.6 Å². The average Bonchev–Trinajstić information content (AvgIpc) is 2.58. The Kier molecular flexibility index (Phi) is 5.98. The number of anilines is 1. The molecular formula is C18H22N2O2. The van der Waals surface area contributed by atoms with Crippen LogP contribution in [-0.4, -0.2) is 19.6 Å². The largest absolute Gasteiger partial charge is 0.497 e. The quantitative estimate of drug-likeness (QED) is 0.855. The van der Waals surface area contributed by atoms with Crippen LogP contribution in [0.2, 0.25) is 0 Å². The van der Waals surface area contributed by atoms with Gasteiger partial charge in [0.1, 0.15) is 5.75 Å². The molecule has 0 atom stereocenters. The monoisotopic (exact) mass is 298 g/mol. The molecule has 116 valence electrons. The molecule has 0 radical (unpaired) electrons. The lowest BCUT2D eigenvalue weighted by atomic mass is 10.1. The van der Waals surface area contributed by atoms with Gasteiger partial charge in [0.2, 0.25) is 5.91 Å². The number of methoxy groups -OCH3 is 1. The Balaban J connectivity index is 2.21. The smallest absolute Gasteiger partial charge is 0.227 e. The zero-order chi connectivity index (χ0) is 15.8. The maximum absolute atomic E-state index is 12.5. The van der Waals surface area contributed by atoms with Crippen molar-refractivity contribution in [2.45, 2.75) is 19.4 Å². The molecule has 0 saturated heterocycles. The summed E-state index contributed by atoms with van der Waals surface area (Å²) in [7, 11) is 1.63. The van der Waals surface area contributed by atoms with Gasteiger partial charge in [0.05, 0.1) is 13.7 Å². The number of benzene rings is 2. The molecule has 0 fully saturated rings. The molecule has 0 aliphatic heterocycles. The number of carbonyl (C=O) groups is 1. The van der Waals surface area contributed by atoms with E-state index < -0.39 is 0 Å². The van der Waals surface area contributed by atoms with Crippen LogP contribution in [0.15, 0.2) is 54.6 Å². The molecule has 2 aromatic carbocycles. The van der Waals surface area contributed by atoms with E-state index in [9.17, 15) is 4.79 Å². The molecule has 4 heteroatoms. The first-order valence-corrected chi connectivity index (χ1v) is 7.43. The summed E-state index contributed by atoms with van der Waals surface area (Å²) in [5.41, 5.74) is 7.48. The molecule has 2 N–H and O–H groups in total. The zero-order valence-corrected chi connectivity index (χ0v) is 12.9. The minimum Gasteiger partial charge on any atom is -0.497 e. The van der Waals surface area contributed by atoms with Gasteiger partial charge in [-0.3, -0.25) is 4.79 Å². The molecule has 0 aliphatic carbocycles. The number of nitrogens with zero attached hydrogens (tertiary/aromatic N) is 1. The van der Waals surface area contributed by atoms with Crippen LogP contribution in [0.3, 0.4) is 0 Å². The fourth-order valence-electron chi connectivity index (χ4n) is 2.24. The molecule has 4 nitrogen and oxygen atoms in total. The van der Waals surface area contributed by atoms with Crippen LogP contribution in [0, 0.1) is 0 Å². The molecule has 0 aromatic heterocycles. The summed E-state index contributed by atoms with van der Waals surface area (Å²) in [6.45, 7) is 1.07. The van der Waals surface area contributed by atoms with Gasteiger partial charge >= 0.3 is 0 Å². The van der Waals surface area contributed by atoms with Crippen LogP contribution in [0.4, 0.5) is 5.69 Å². The molecule has 22 heavy (non-hydrogen) atoms. The Bertz CT molecular complexity index is 582. The van der Waals surface area contributed by atoms with Crippen molar-refractivity contribution >= 4 is 11.6 Å². The van der Waals surface area contributed by atoms with Crippen LogP contribution >= 0.6 is 0 Å². The summed E-state index contributed by atoms with van der Waals surface area (Å²) >= 11 is 0. The lowest BCUT2D eigenvalue weighted by Crippen LogP contribution is -2.30. The van der Waals surface area contributed by atoms with Gasteiger partial charge in [0, 0.05) is 12.1 Å². The van der Waals surface area contributed by atoms with Gasteiger partial charge in [-0.25, -0.2) is 0 Å². The van der Waals surface area contributed by atoms with Crippen molar-refractivity contribution in [3.8, 4) is 5.75 Å². The van der Waals surface area contributed by atoms with Crippen molar-refractivity contribution in [1.82, 2.24) is 0 Å². The predicted octanol–water partition coefficient (Wildman–Crippen LogP) is 2.97. The Labute approximate surface area is 131 Å². The van der Waals surface area contributed by atoms with Gasteiger partial charge in [0.15, 0.2) is 0 Å². The SMILES string of the molecule is COc1ccc(N(Cc2ccccc2)C(=O)CCCN)cc1. The van der Waals surface area contributed by atoms with Gasteiger partial charge in [-0.15, -0.1) is 0 Å². The van der Waals surface area contributed by atoms with Crippen molar-refractivity contribution in [3.63, 3.8) is 0 Å². The van der Waals surface area contributed by atoms with Gasteiger partial charge in [-0.1, -0.05) is 30.3 Å². The third kappa shape index (κ3) is 4.33. The summed E-state index contributed by atoms with van der Waals surface area (Å²) in [5, 5.41) is 0. The summed E-state index contributed by atoms with van der Waals surface area (Å²) in [6, 6.07) is 17.5. The second kappa shape index (κ2) is 8.20. The first kappa shape index (κ1) is 16.0. The van der Waals surface area contributed by atoms with Gasteiger partial charge in [-0.05, 0) is 42.8 Å². The van der Waals surface area contributed by atoms with E-state index in [0.29, 0.717) is 25.9 Å². The number of hydrogen-bond acceptors (Lipinski definition) is 3. The Hall–Kier alpha value is -2.33. The van der Waals surface area contributed by atoms with E-state index in [2.05, 4.69) is 0 Å². The van der Waals surface area contributed by atoms with E-state index in [0.717, 1.165) is 17.0 Å². The van der Waals surface area contributed by atoms with Crippen LogP contribution in [-0.2, 0) is 11.3 Å². The lowest BCUT2D eigenvalue weighted by Gasteiger charge is -2.23. The zero-order valence-electron chi connectivity index (χ0n) is 12.9. The molecule has 1 amide bonds. The van der Waals surface area contributed by atoms with Crippen molar-refractivity contribution in [3.05, 3.63) is 60.2 Å². The van der Waals surface area contributed by atoms with E-state index in [-0.39, 0.29) is 5.91 Å². The Morgan fingerprint density at radius 2 is 1.77 bits per heavy atom. The first-order chi connectivity index (χ1) is 10.7. The van der Waals surface area contributed by atoms with Gasteiger partial charge < -0.3 is 15.4 Å². The molecule has 0 unspecified atom stereocenters. The van der Waals surface area contributed by atoms with Crippen LogP contribution < -0.4 is 15.4 Å². The third-order valence-corrected chi connectivity index (χ3v) is 3.46. The van der Waals surface area contributed by atoms with Gasteiger partial charge in [-0.2, -0.15) is 0 Å². The number of ether oxygens (including phenoxy) is 1. The standard InChI is InChI=1S/C18H22N2O2/c1-22-17-11-9-16(10-12-17)20(18(21)8-5-13-19)14-15-6-3-2-4-7-15/h2-4,6-7,9-12H,5,8,13-14,19H2,1H3. The highest BCUT2D eigenvalue weighted by atomic mass is 16.5. The number of rotatable bonds is 7. The second-order valence-corrected chi connectivity index (χ2v) is 5.06. The minimum atomic E-state index is 0.0828. The summed E-state index contributed by atoms with van der Waals surface area (Å²) < 4.78 is 5.17. The summed E-state index contributed by atoms with van der Waals surface area (Å²) in [6.07, 6.45) is 1.15. The molecule has 0 heterocycles. The van der Waals surface area contributed by atoms with E-state index in [1.54, 1.807) is 12.0 Å². The van der Waals surface area contributed by atoms with E-state index in [4.69, 9.17) is 10.5 Å². The van der Waals surface area contributed by atoms with E-state index in [1.165, 1.54) is 0 Å². The van der Waals surface area contributed by atoms with Gasteiger partial charge in [0.25, 0.3) is 0 Å². The molecule has 0 saturated carbocycles. The maximum Gasteiger partial charge on any atom is 0.227 e. The summed E-state index contributed by atoms with van der Waals surface area (Å²) in [5.74, 6) is 0.859. The number of hydrogen-bond donors (Lipinski definition) is 1. The summed E-state index contributed by atoms with van der Waals surface area (Å²) in [4.78, 5) is 14.3. The van der Waals surface area contributed by atoms with E-state index in [1.807, 2.05) is 54.6 Å². The van der Waals surface area contributed by atoms with Crippen molar-refractivity contribution in [1.29, 1.82) is 0 Å². The number of nitrogens with two attached hydrogens (primary N) is 1. The maximum atomic E-state index is 12.5. The fraction of sp³-hybridized carbons (Fsp3) is 0.278. The first-order valence-electron chi connectivity index (χ1n) is 7.43. The van der Waals surface area contributed by atoms with Crippen LogP contribution in [0.5, 0.6) is 5.75 Å². The normalized spacial score (nSPS) is 10.3. The molecule has 0 bridgehead atoms. The topological polar surface area (TPSA) is 55.6 Å². The highest BCUT2D eigenvalue weighted by Crippen LogP contribution is 2.22.